The monoisotopic (exact) mass is 348 g/mol. The molecule has 24 heavy (non-hydrogen) atoms. The summed E-state index contributed by atoms with van der Waals surface area (Å²) in [5.74, 6) is -1.69. The number of anilines is 1. The fourth-order valence-corrected chi connectivity index (χ4v) is 1.80. The Kier molecular flexibility index (Phi) is 6.44. The summed E-state index contributed by atoms with van der Waals surface area (Å²) in [6.45, 7) is 4.08. The van der Waals surface area contributed by atoms with E-state index in [9.17, 15) is 22.8 Å². The summed E-state index contributed by atoms with van der Waals surface area (Å²) in [6, 6.07) is 5.81. The SMILES string of the molecule is CCOC(=O)N[C@](Nc1ccc(C)cc1)(C(=O)OCC)C(F)(F)F. The summed E-state index contributed by atoms with van der Waals surface area (Å²) in [7, 11) is 0. The highest BCUT2D eigenvalue weighted by Crippen LogP contribution is 2.33. The molecule has 1 aromatic carbocycles. The molecular weight excluding hydrogens is 329 g/mol. The van der Waals surface area contributed by atoms with Gasteiger partial charge in [-0.15, -0.1) is 0 Å². The molecule has 134 valence electrons. The molecule has 9 heteroatoms. The van der Waals surface area contributed by atoms with Crippen LogP contribution in [0.5, 0.6) is 0 Å². The number of rotatable bonds is 6. The Morgan fingerprint density at radius 3 is 2.04 bits per heavy atom. The highest BCUT2D eigenvalue weighted by atomic mass is 19.4. The van der Waals surface area contributed by atoms with Crippen LogP contribution in [0.2, 0.25) is 0 Å². The molecule has 1 rings (SSSR count). The molecule has 1 atom stereocenters. The minimum absolute atomic E-state index is 0.0252. The number of halogens is 3. The van der Waals surface area contributed by atoms with Gasteiger partial charge in [0.05, 0.1) is 13.2 Å². The van der Waals surface area contributed by atoms with Gasteiger partial charge in [-0.25, -0.2) is 9.59 Å². The second-order valence-corrected chi connectivity index (χ2v) is 4.80. The van der Waals surface area contributed by atoms with Crippen molar-refractivity contribution in [1.29, 1.82) is 0 Å². The lowest BCUT2D eigenvalue weighted by molar-refractivity contribution is -0.205. The third-order valence-electron chi connectivity index (χ3n) is 2.96. The molecule has 0 fully saturated rings. The maximum Gasteiger partial charge on any atom is 0.442 e. The van der Waals surface area contributed by atoms with Gasteiger partial charge in [0.1, 0.15) is 0 Å². The fourth-order valence-electron chi connectivity index (χ4n) is 1.80. The van der Waals surface area contributed by atoms with Crippen LogP contribution in [-0.4, -0.2) is 37.1 Å². The number of alkyl carbamates (subject to hydrolysis) is 1. The first-order chi connectivity index (χ1) is 11.2. The molecular formula is C15H19F3N2O4. The van der Waals surface area contributed by atoms with Crippen LogP contribution >= 0.6 is 0 Å². The minimum Gasteiger partial charge on any atom is -0.463 e. The summed E-state index contributed by atoms with van der Waals surface area (Å²) in [5.41, 5.74) is -2.68. The van der Waals surface area contributed by atoms with Crippen molar-refractivity contribution >= 4 is 17.7 Å². The maximum atomic E-state index is 13.7. The van der Waals surface area contributed by atoms with Crippen molar-refractivity contribution in [1.82, 2.24) is 5.32 Å². The molecule has 6 nitrogen and oxygen atoms in total. The van der Waals surface area contributed by atoms with Crippen LogP contribution in [0.1, 0.15) is 19.4 Å². The number of amides is 1. The Bertz CT molecular complexity index is 575. The van der Waals surface area contributed by atoms with Crippen LogP contribution in [-0.2, 0) is 14.3 Å². The molecule has 0 unspecified atom stereocenters. The molecule has 0 spiro atoms. The quantitative estimate of drug-likeness (QED) is 0.611. The van der Waals surface area contributed by atoms with Gasteiger partial charge in [-0.3, -0.25) is 5.32 Å². The van der Waals surface area contributed by atoms with E-state index in [1.165, 1.54) is 26.0 Å². The van der Waals surface area contributed by atoms with Gasteiger partial charge in [0.15, 0.2) is 0 Å². The van der Waals surface area contributed by atoms with Crippen LogP contribution in [0.25, 0.3) is 0 Å². The number of hydrogen-bond acceptors (Lipinski definition) is 5. The molecule has 0 saturated carbocycles. The Balaban J connectivity index is 3.30. The van der Waals surface area contributed by atoms with E-state index in [0.717, 1.165) is 5.56 Å². The van der Waals surface area contributed by atoms with E-state index in [0.29, 0.717) is 0 Å². The highest BCUT2D eigenvalue weighted by molar-refractivity contribution is 5.89. The van der Waals surface area contributed by atoms with Crippen molar-refractivity contribution in [3.05, 3.63) is 29.8 Å². The zero-order chi connectivity index (χ0) is 18.4. The minimum atomic E-state index is -5.18. The van der Waals surface area contributed by atoms with Crippen molar-refractivity contribution in [2.24, 2.45) is 0 Å². The van der Waals surface area contributed by atoms with Crippen molar-refractivity contribution < 1.29 is 32.2 Å². The fraction of sp³-hybridized carbons (Fsp3) is 0.467. The van der Waals surface area contributed by atoms with Crippen molar-refractivity contribution in [2.45, 2.75) is 32.6 Å². The highest BCUT2D eigenvalue weighted by Gasteiger charge is 2.64. The summed E-state index contributed by atoms with van der Waals surface area (Å²) < 4.78 is 50.0. The first-order valence-corrected chi connectivity index (χ1v) is 7.20. The smallest absolute Gasteiger partial charge is 0.442 e. The summed E-state index contributed by atoms with van der Waals surface area (Å²) in [5, 5.41) is 3.57. The van der Waals surface area contributed by atoms with Crippen LogP contribution < -0.4 is 10.6 Å². The average Bonchev–Trinajstić information content (AvgIpc) is 2.48. The zero-order valence-corrected chi connectivity index (χ0v) is 13.5. The molecule has 0 aliphatic heterocycles. The predicted molar refractivity (Wildman–Crippen MR) is 80.4 cm³/mol. The predicted octanol–water partition coefficient (Wildman–Crippen LogP) is 2.97. The molecule has 0 aromatic heterocycles. The molecule has 0 radical (unpaired) electrons. The van der Waals surface area contributed by atoms with Gasteiger partial charge < -0.3 is 14.8 Å². The number of ether oxygens (including phenoxy) is 2. The van der Waals surface area contributed by atoms with Gasteiger partial charge in [-0.05, 0) is 32.9 Å². The van der Waals surface area contributed by atoms with Crippen LogP contribution in [0, 0.1) is 6.92 Å². The van der Waals surface area contributed by atoms with E-state index < -0.39 is 23.9 Å². The van der Waals surface area contributed by atoms with E-state index in [1.807, 2.05) is 5.32 Å². The van der Waals surface area contributed by atoms with Crippen LogP contribution in [0.3, 0.4) is 0 Å². The molecule has 0 bridgehead atoms. The second-order valence-electron chi connectivity index (χ2n) is 4.80. The van der Waals surface area contributed by atoms with Crippen molar-refractivity contribution in [3.8, 4) is 0 Å². The third kappa shape index (κ3) is 4.53. The first-order valence-electron chi connectivity index (χ1n) is 7.20. The number of carbonyl (C=O) groups excluding carboxylic acids is 2. The molecule has 0 saturated heterocycles. The summed E-state index contributed by atoms with van der Waals surface area (Å²) >= 11 is 0. The molecule has 0 heterocycles. The Morgan fingerprint density at radius 2 is 1.58 bits per heavy atom. The van der Waals surface area contributed by atoms with Gasteiger partial charge in [-0.2, -0.15) is 13.2 Å². The van der Waals surface area contributed by atoms with Crippen molar-refractivity contribution in [3.63, 3.8) is 0 Å². The largest absolute Gasteiger partial charge is 0.463 e. The number of benzene rings is 1. The lowest BCUT2D eigenvalue weighted by Crippen LogP contribution is -2.69. The molecule has 1 amide bonds. The number of alkyl halides is 3. The molecule has 1 aromatic rings. The van der Waals surface area contributed by atoms with Gasteiger partial charge >= 0.3 is 23.9 Å². The molecule has 2 N–H and O–H groups in total. The third-order valence-corrected chi connectivity index (χ3v) is 2.96. The maximum absolute atomic E-state index is 13.7. The lowest BCUT2D eigenvalue weighted by Gasteiger charge is -2.34. The first kappa shape index (κ1) is 19.6. The number of nitrogens with one attached hydrogen (secondary N) is 2. The Hall–Kier alpha value is -2.45. The van der Waals surface area contributed by atoms with E-state index in [2.05, 4.69) is 9.47 Å². The number of carbonyl (C=O) groups is 2. The Morgan fingerprint density at radius 1 is 1.04 bits per heavy atom. The van der Waals surface area contributed by atoms with E-state index >= 15 is 0 Å². The van der Waals surface area contributed by atoms with Gasteiger partial charge in [0, 0.05) is 5.69 Å². The van der Waals surface area contributed by atoms with E-state index in [-0.39, 0.29) is 18.9 Å². The van der Waals surface area contributed by atoms with Crippen LogP contribution in [0.4, 0.5) is 23.7 Å². The zero-order valence-electron chi connectivity index (χ0n) is 13.5. The van der Waals surface area contributed by atoms with Crippen molar-refractivity contribution in [2.75, 3.05) is 18.5 Å². The molecule has 0 aliphatic carbocycles. The number of aryl methyl sites for hydroxylation is 1. The second kappa shape index (κ2) is 7.89. The van der Waals surface area contributed by atoms with E-state index in [1.54, 1.807) is 24.4 Å². The summed E-state index contributed by atoms with van der Waals surface area (Å²) in [4.78, 5) is 23.6. The number of hydrogen-bond donors (Lipinski definition) is 2. The normalized spacial score (nSPS) is 13.6. The van der Waals surface area contributed by atoms with Gasteiger partial charge in [-0.1, -0.05) is 17.7 Å². The van der Waals surface area contributed by atoms with Gasteiger partial charge in [0.25, 0.3) is 0 Å². The summed E-state index contributed by atoms with van der Waals surface area (Å²) in [6.07, 6.45) is -6.58. The lowest BCUT2D eigenvalue weighted by atomic mass is 10.1. The average molecular weight is 348 g/mol. The van der Waals surface area contributed by atoms with E-state index in [4.69, 9.17) is 0 Å². The topological polar surface area (TPSA) is 76.7 Å². The van der Waals surface area contributed by atoms with Crippen LogP contribution in [0.15, 0.2) is 24.3 Å². The molecule has 0 aliphatic rings. The number of esters is 1. The Labute approximate surface area is 137 Å². The van der Waals surface area contributed by atoms with Gasteiger partial charge in [0.2, 0.25) is 0 Å². The standard InChI is InChI=1S/C15H19F3N2O4/c1-4-23-12(21)14(15(16,17)18,20-13(22)24-5-2)19-11-8-6-10(3)7-9-11/h6-9,19H,4-5H2,1-3H3,(H,20,22)/t14-/m1/s1.